The number of hydrogen-bond acceptors (Lipinski definition) is 8. The van der Waals surface area contributed by atoms with Gasteiger partial charge in [-0.05, 0) is 25.0 Å². The van der Waals surface area contributed by atoms with Crippen molar-refractivity contribution < 1.29 is 9.21 Å². The third-order valence-corrected chi connectivity index (χ3v) is 5.19. The van der Waals surface area contributed by atoms with E-state index in [4.69, 9.17) is 10.2 Å². The summed E-state index contributed by atoms with van der Waals surface area (Å²) in [4.78, 5) is 22.4. The molecule has 1 aliphatic carbocycles. The maximum Gasteiger partial charge on any atom is 0.316 e. The van der Waals surface area contributed by atoms with Gasteiger partial charge in [0.15, 0.2) is 11.5 Å². The number of anilines is 2. The van der Waals surface area contributed by atoms with Crippen LogP contribution in [0.5, 0.6) is 0 Å². The molecule has 0 saturated heterocycles. The van der Waals surface area contributed by atoms with Crippen molar-refractivity contribution in [1.82, 2.24) is 25.1 Å². The quantitative estimate of drug-likeness (QED) is 0.661. The van der Waals surface area contributed by atoms with Gasteiger partial charge in [0.25, 0.3) is 11.8 Å². The highest BCUT2D eigenvalue weighted by Crippen LogP contribution is 2.27. The Morgan fingerprint density at radius 3 is 2.57 bits per heavy atom. The molecular weight excluding hydrogens is 382 g/mol. The molecule has 1 saturated carbocycles. The molecule has 0 radical (unpaired) electrons. The molecule has 0 bridgehead atoms. The summed E-state index contributed by atoms with van der Waals surface area (Å²) in [7, 11) is 3.44. The lowest BCUT2D eigenvalue weighted by atomic mass is 9.96. The molecule has 1 aliphatic rings. The van der Waals surface area contributed by atoms with Crippen molar-refractivity contribution >= 4 is 17.7 Å². The molecule has 2 heterocycles. The highest BCUT2D eigenvalue weighted by atomic mass is 16.4. The van der Waals surface area contributed by atoms with E-state index in [0.29, 0.717) is 29.0 Å². The van der Waals surface area contributed by atoms with Gasteiger partial charge in [0.2, 0.25) is 0 Å². The van der Waals surface area contributed by atoms with Crippen molar-refractivity contribution in [3.05, 3.63) is 36.0 Å². The molecule has 9 nitrogen and oxygen atoms in total. The van der Waals surface area contributed by atoms with Crippen LogP contribution in [0.2, 0.25) is 0 Å². The Kier molecular flexibility index (Phi) is 5.60. The van der Waals surface area contributed by atoms with E-state index in [2.05, 4.69) is 25.5 Å². The van der Waals surface area contributed by atoms with Crippen molar-refractivity contribution in [1.29, 1.82) is 0 Å². The highest BCUT2D eigenvalue weighted by molar-refractivity contribution is 5.94. The second kappa shape index (κ2) is 8.48. The van der Waals surface area contributed by atoms with Crippen LogP contribution in [0.25, 0.3) is 22.8 Å². The number of nitrogens with zero attached hydrogens (tertiary/aromatic N) is 5. The Bertz CT molecular complexity index is 1020. The lowest BCUT2D eigenvalue weighted by Crippen LogP contribution is -2.22. The smallest absolute Gasteiger partial charge is 0.316 e. The van der Waals surface area contributed by atoms with Gasteiger partial charge in [-0.1, -0.05) is 36.5 Å². The number of nitrogen functional groups attached to an aromatic ring is 1. The van der Waals surface area contributed by atoms with Crippen LogP contribution in [0.3, 0.4) is 0 Å². The van der Waals surface area contributed by atoms with Crippen LogP contribution in [0.1, 0.15) is 42.5 Å². The summed E-state index contributed by atoms with van der Waals surface area (Å²) in [6.45, 7) is 0. The van der Waals surface area contributed by atoms with Gasteiger partial charge in [-0.25, -0.2) is 9.97 Å². The number of rotatable bonds is 5. The third kappa shape index (κ3) is 4.24. The van der Waals surface area contributed by atoms with Gasteiger partial charge in [-0.3, -0.25) is 4.79 Å². The predicted octanol–water partition coefficient (Wildman–Crippen LogP) is 3.22. The van der Waals surface area contributed by atoms with Gasteiger partial charge >= 0.3 is 6.01 Å². The Labute approximate surface area is 174 Å². The number of hydrogen-bond donors (Lipinski definition) is 2. The minimum atomic E-state index is -0.0607. The van der Waals surface area contributed by atoms with E-state index in [1.807, 2.05) is 12.1 Å². The lowest BCUT2D eigenvalue weighted by Gasteiger charge is -2.21. The van der Waals surface area contributed by atoms with E-state index in [0.717, 1.165) is 18.4 Å². The maximum absolute atomic E-state index is 12.1. The maximum atomic E-state index is 12.1. The second-order valence-corrected chi connectivity index (χ2v) is 7.66. The summed E-state index contributed by atoms with van der Waals surface area (Å²) in [5, 5.41) is 11.5. The molecule has 0 aliphatic heterocycles. The lowest BCUT2D eigenvalue weighted by molar-refractivity contribution is 0.0827. The molecule has 9 heteroatoms. The van der Waals surface area contributed by atoms with Crippen LogP contribution in [-0.2, 0) is 0 Å². The Balaban J connectivity index is 1.56. The first-order chi connectivity index (χ1) is 14.5. The number of carbonyl (C=O) groups excluding carboxylic acids is 1. The van der Waals surface area contributed by atoms with Gasteiger partial charge in [-0.15, -0.1) is 5.10 Å². The Morgan fingerprint density at radius 1 is 1.13 bits per heavy atom. The van der Waals surface area contributed by atoms with Crippen LogP contribution in [-0.4, -0.2) is 51.1 Å². The predicted molar refractivity (Wildman–Crippen MR) is 114 cm³/mol. The topological polar surface area (TPSA) is 123 Å². The summed E-state index contributed by atoms with van der Waals surface area (Å²) in [6, 6.07) is 7.89. The van der Waals surface area contributed by atoms with Gasteiger partial charge in [-0.2, -0.15) is 0 Å². The fraction of sp³-hybridized carbons (Fsp3) is 0.381. The fourth-order valence-electron chi connectivity index (χ4n) is 3.54. The molecule has 0 atom stereocenters. The van der Waals surface area contributed by atoms with Crippen molar-refractivity contribution in [2.24, 2.45) is 0 Å². The molecule has 4 rings (SSSR count). The Hall–Kier alpha value is -3.49. The molecule has 30 heavy (non-hydrogen) atoms. The molecule has 0 unspecified atom stereocenters. The number of nitrogens with one attached hydrogen (secondary N) is 1. The molecule has 1 amide bonds. The number of carbonyl (C=O) groups is 1. The Morgan fingerprint density at radius 2 is 1.87 bits per heavy atom. The first-order valence-electron chi connectivity index (χ1n) is 10.1. The number of aromatic nitrogens is 4. The summed E-state index contributed by atoms with van der Waals surface area (Å²) in [6.07, 6.45) is 7.47. The van der Waals surface area contributed by atoms with Crippen LogP contribution < -0.4 is 11.1 Å². The zero-order chi connectivity index (χ0) is 21.1. The number of amides is 1. The standard InChI is InChI=1S/C21H25N7O2/c1-28(2)20(29)14-10-8-13(9-11-14)16-12-23-18(22)17(25-16)19-26-27-21(30-19)24-15-6-4-3-5-7-15/h8-12,15H,3-7H2,1-2H3,(H2,22,23)(H,24,27). The molecule has 3 N–H and O–H groups in total. The monoisotopic (exact) mass is 407 g/mol. The highest BCUT2D eigenvalue weighted by Gasteiger charge is 2.19. The van der Waals surface area contributed by atoms with Crippen molar-refractivity contribution in [3.8, 4) is 22.8 Å². The van der Waals surface area contributed by atoms with Gasteiger partial charge in [0.05, 0.1) is 11.9 Å². The van der Waals surface area contributed by atoms with Crippen LogP contribution in [0.4, 0.5) is 11.8 Å². The zero-order valence-corrected chi connectivity index (χ0v) is 17.1. The second-order valence-electron chi connectivity index (χ2n) is 7.66. The molecular formula is C21H25N7O2. The minimum absolute atomic E-state index is 0.0607. The fourth-order valence-corrected chi connectivity index (χ4v) is 3.54. The molecule has 1 fully saturated rings. The van der Waals surface area contributed by atoms with E-state index in [9.17, 15) is 4.79 Å². The van der Waals surface area contributed by atoms with Gasteiger partial charge in [0.1, 0.15) is 0 Å². The summed E-state index contributed by atoms with van der Waals surface area (Å²) in [5.41, 5.74) is 8.36. The SMILES string of the molecule is CN(C)C(=O)c1ccc(-c2cnc(N)c(-c3nnc(NC4CCCCC4)o3)n2)cc1. The van der Waals surface area contributed by atoms with Crippen molar-refractivity contribution in [3.63, 3.8) is 0 Å². The van der Waals surface area contributed by atoms with Gasteiger partial charge < -0.3 is 20.4 Å². The number of benzene rings is 1. The van der Waals surface area contributed by atoms with E-state index in [1.54, 1.807) is 32.4 Å². The number of nitrogens with two attached hydrogens (primary N) is 1. The summed E-state index contributed by atoms with van der Waals surface area (Å²) < 4.78 is 5.76. The van der Waals surface area contributed by atoms with E-state index in [-0.39, 0.29) is 17.6 Å². The van der Waals surface area contributed by atoms with E-state index < -0.39 is 0 Å². The van der Waals surface area contributed by atoms with Crippen molar-refractivity contribution in [2.75, 3.05) is 25.1 Å². The van der Waals surface area contributed by atoms with Crippen molar-refractivity contribution in [2.45, 2.75) is 38.1 Å². The molecule has 3 aromatic rings. The molecule has 2 aromatic heterocycles. The minimum Gasteiger partial charge on any atom is -0.402 e. The first-order valence-corrected chi connectivity index (χ1v) is 10.1. The average Bonchev–Trinajstić information content (AvgIpc) is 3.22. The van der Waals surface area contributed by atoms with Gasteiger partial charge in [0, 0.05) is 31.3 Å². The first kappa shape index (κ1) is 19.8. The molecule has 1 aromatic carbocycles. The summed E-state index contributed by atoms with van der Waals surface area (Å²) in [5.74, 6) is 0.375. The third-order valence-electron chi connectivity index (χ3n) is 5.19. The average molecular weight is 407 g/mol. The van der Waals surface area contributed by atoms with Crippen LogP contribution in [0.15, 0.2) is 34.9 Å². The molecule has 0 spiro atoms. The molecule has 156 valence electrons. The largest absolute Gasteiger partial charge is 0.402 e. The normalized spacial score (nSPS) is 14.5. The summed E-state index contributed by atoms with van der Waals surface area (Å²) >= 11 is 0. The van der Waals surface area contributed by atoms with Crippen LogP contribution >= 0.6 is 0 Å². The zero-order valence-electron chi connectivity index (χ0n) is 17.1. The van der Waals surface area contributed by atoms with Crippen LogP contribution in [0, 0.1) is 0 Å². The van der Waals surface area contributed by atoms with E-state index in [1.165, 1.54) is 24.2 Å². The van der Waals surface area contributed by atoms with E-state index >= 15 is 0 Å².